The minimum Gasteiger partial charge on any atom is -0.301 e. The van der Waals surface area contributed by atoms with Crippen LogP contribution in [0.25, 0.3) is 10.4 Å². The Morgan fingerprint density at radius 3 is 1.83 bits per heavy atom. The van der Waals surface area contributed by atoms with Crippen molar-refractivity contribution in [1.29, 1.82) is 0 Å². The van der Waals surface area contributed by atoms with Crippen LogP contribution in [-0.2, 0) is 13.0 Å². The van der Waals surface area contributed by atoms with E-state index in [-0.39, 0.29) is 0 Å². The predicted octanol–water partition coefficient (Wildman–Crippen LogP) is 7.64. The molecule has 3 aromatic rings. The van der Waals surface area contributed by atoms with Crippen LogP contribution in [0.1, 0.15) is 17.4 Å². The Balaban J connectivity index is 0.000000267. The molecule has 1 nitrogen and oxygen atoms in total. The van der Waals surface area contributed by atoms with Crippen molar-refractivity contribution in [3.63, 3.8) is 0 Å². The Hall–Kier alpha value is -2.68. The third-order valence-corrected chi connectivity index (χ3v) is 5.18. The summed E-state index contributed by atoms with van der Waals surface area (Å²) in [6, 6.07) is 25.1. The summed E-state index contributed by atoms with van der Waals surface area (Å²) in [7, 11) is 2.20. The number of thiophene rings is 1. The second-order valence-electron chi connectivity index (χ2n) is 6.45. The van der Waals surface area contributed by atoms with Gasteiger partial charge in [-0.15, -0.1) is 17.9 Å². The van der Waals surface area contributed by atoms with Crippen LogP contribution in [0, 0.1) is 0 Å². The van der Waals surface area contributed by atoms with Gasteiger partial charge in [-0.25, -0.2) is 0 Å². The van der Waals surface area contributed by atoms with E-state index in [1.807, 2.05) is 54.7 Å². The monoisotopic (exact) mass is 403 g/mol. The molecule has 1 aliphatic heterocycles. The maximum atomic E-state index is 3.36. The standard InChI is InChI=1S/C14H15NS.C6H6.C4H6.C3H6/c1-15-8-7-12-9-13(16-14(12)10-15)11-5-3-2-4-6-11;1-2-4-6-5-3-1;1-3-4-2;1-3-2/h2-6,9H,7-8,10H2,1H3;1-6H;3-4H,1-2H2;3H,1H2,2H3. The van der Waals surface area contributed by atoms with Crippen LogP contribution in [0.4, 0.5) is 0 Å². The highest BCUT2D eigenvalue weighted by atomic mass is 32.1. The zero-order valence-corrected chi connectivity index (χ0v) is 18.6. The molecule has 2 aromatic carbocycles. The third kappa shape index (κ3) is 9.89. The molecule has 0 atom stereocenters. The number of nitrogens with zero attached hydrogens (tertiary/aromatic N) is 1. The van der Waals surface area contributed by atoms with Crippen LogP contribution in [0.3, 0.4) is 0 Å². The van der Waals surface area contributed by atoms with Crippen LogP contribution >= 0.6 is 11.3 Å². The van der Waals surface area contributed by atoms with Crippen molar-refractivity contribution in [2.45, 2.75) is 19.9 Å². The van der Waals surface area contributed by atoms with Crippen LogP contribution in [-0.4, -0.2) is 18.5 Å². The smallest absolute Gasteiger partial charge is 0.0349 e. The van der Waals surface area contributed by atoms with Gasteiger partial charge in [0.25, 0.3) is 0 Å². The van der Waals surface area contributed by atoms with Gasteiger partial charge in [0.1, 0.15) is 0 Å². The average Bonchev–Trinajstić information content (AvgIpc) is 3.20. The lowest BCUT2D eigenvalue weighted by Gasteiger charge is -2.21. The molecular formula is C27H33NS. The summed E-state index contributed by atoms with van der Waals surface area (Å²) in [5.74, 6) is 0. The lowest BCUT2D eigenvalue weighted by molar-refractivity contribution is 0.317. The highest BCUT2D eigenvalue weighted by Crippen LogP contribution is 2.34. The molecule has 0 amide bonds. The second kappa shape index (κ2) is 15.3. The summed E-state index contributed by atoms with van der Waals surface area (Å²) in [6.07, 6.45) is 6.23. The molecule has 0 aliphatic carbocycles. The minimum atomic E-state index is 1.12. The third-order valence-electron chi connectivity index (χ3n) is 3.96. The summed E-state index contributed by atoms with van der Waals surface area (Å²) in [5, 5.41) is 0. The van der Waals surface area contributed by atoms with E-state index >= 15 is 0 Å². The number of likely N-dealkylation sites (N-methyl/N-ethyl adjacent to an activating group) is 1. The number of hydrogen-bond donors (Lipinski definition) is 0. The van der Waals surface area contributed by atoms with Crippen molar-refractivity contribution < 1.29 is 0 Å². The summed E-state index contributed by atoms with van der Waals surface area (Å²) >= 11 is 1.95. The van der Waals surface area contributed by atoms with E-state index in [1.165, 1.54) is 23.4 Å². The van der Waals surface area contributed by atoms with Crippen molar-refractivity contribution in [3.8, 4) is 10.4 Å². The number of allylic oxidation sites excluding steroid dienone is 3. The highest BCUT2D eigenvalue weighted by molar-refractivity contribution is 7.15. The van der Waals surface area contributed by atoms with E-state index in [2.05, 4.69) is 68.1 Å². The van der Waals surface area contributed by atoms with Crippen molar-refractivity contribution in [1.82, 2.24) is 4.90 Å². The van der Waals surface area contributed by atoms with Crippen LogP contribution in [0.5, 0.6) is 0 Å². The first-order chi connectivity index (χ1) is 14.2. The highest BCUT2D eigenvalue weighted by Gasteiger charge is 2.16. The molecule has 152 valence electrons. The molecule has 29 heavy (non-hydrogen) atoms. The van der Waals surface area contributed by atoms with Crippen molar-refractivity contribution >= 4 is 11.3 Å². The Kier molecular flexibility index (Phi) is 12.8. The zero-order chi connectivity index (χ0) is 21.3. The van der Waals surface area contributed by atoms with Crippen molar-refractivity contribution in [2.75, 3.05) is 13.6 Å². The van der Waals surface area contributed by atoms with Gasteiger partial charge in [0.2, 0.25) is 0 Å². The molecule has 4 rings (SSSR count). The summed E-state index contributed by atoms with van der Waals surface area (Å²) in [6.45, 7) is 14.3. The summed E-state index contributed by atoms with van der Waals surface area (Å²) < 4.78 is 0. The van der Waals surface area contributed by atoms with Gasteiger partial charge < -0.3 is 4.90 Å². The van der Waals surface area contributed by atoms with Gasteiger partial charge in [0.05, 0.1) is 0 Å². The van der Waals surface area contributed by atoms with Gasteiger partial charge in [-0.2, -0.15) is 0 Å². The fourth-order valence-electron chi connectivity index (χ4n) is 2.58. The number of rotatable bonds is 2. The average molecular weight is 404 g/mol. The van der Waals surface area contributed by atoms with E-state index in [1.54, 1.807) is 28.7 Å². The lowest BCUT2D eigenvalue weighted by Crippen LogP contribution is -2.24. The first-order valence-electron chi connectivity index (χ1n) is 9.82. The minimum absolute atomic E-state index is 1.12. The van der Waals surface area contributed by atoms with Crippen molar-refractivity contribution in [3.05, 3.63) is 121 Å². The van der Waals surface area contributed by atoms with Gasteiger partial charge >= 0.3 is 0 Å². The largest absolute Gasteiger partial charge is 0.301 e. The topological polar surface area (TPSA) is 3.24 Å². The molecule has 0 saturated carbocycles. The lowest BCUT2D eigenvalue weighted by atomic mass is 10.1. The number of fused-ring (bicyclic) bond motifs is 1. The molecule has 1 aromatic heterocycles. The van der Waals surface area contributed by atoms with Crippen LogP contribution < -0.4 is 0 Å². The molecule has 0 bridgehead atoms. The first-order valence-corrected chi connectivity index (χ1v) is 10.6. The Labute approximate surface area is 181 Å². The predicted molar refractivity (Wildman–Crippen MR) is 132 cm³/mol. The maximum absolute atomic E-state index is 3.36. The van der Waals surface area contributed by atoms with E-state index in [0.717, 1.165) is 6.54 Å². The molecule has 0 unspecified atom stereocenters. The van der Waals surface area contributed by atoms with Gasteiger partial charge in [0, 0.05) is 22.8 Å². The van der Waals surface area contributed by atoms with E-state index < -0.39 is 0 Å². The Morgan fingerprint density at radius 1 is 0.862 bits per heavy atom. The van der Waals surface area contributed by atoms with Crippen molar-refractivity contribution in [2.24, 2.45) is 0 Å². The number of benzene rings is 2. The Bertz CT molecular complexity index is 786. The fourth-order valence-corrected chi connectivity index (χ4v) is 3.87. The molecule has 0 radical (unpaired) electrons. The van der Waals surface area contributed by atoms with E-state index in [9.17, 15) is 0 Å². The van der Waals surface area contributed by atoms with Gasteiger partial charge in [-0.05, 0) is 37.6 Å². The summed E-state index contributed by atoms with van der Waals surface area (Å²) in [5.41, 5.74) is 2.91. The normalized spacial score (nSPS) is 11.7. The molecule has 1 aliphatic rings. The molecule has 0 N–H and O–H groups in total. The molecule has 2 heteroatoms. The second-order valence-corrected chi connectivity index (χ2v) is 7.58. The van der Waals surface area contributed by atoms with Gasteiger partial charge in [-0.3, -0.25) is 0 Å². The molecule has 0 fully saturated rings. The van der Waals surface area contributed by atoms with E-state index in [0.29, 0.717) is 0 Å². The fraction of sp³-hybridized carbons (Fsp3) is 0.185. The molecule has 2 heterocycles. The quantitative estimate of drug-likeness (QED) is 0.314. The maximum Gasteiger partial charge on any atom is 0.0349 e. The summed E-state index contributed by atoms with van der Waals surface area (Å²) in [4.78, 5) is 5.36. The number of hydrogen-bond acceptors (Lipinski definition) is 2. The van der Waals surface area contributed by atoms with Gasteiger partial charge in [-0.1, -0.05) is 98.1 Å². The first kappa shape index (κ1) is 24.4. The molecule has 0 saturated heterocycles. The zero-order valence-electron chi connectivity index (χ0n) is 17.8. The van der Waals surface area contributed by atoms with Crippen LogP contribution in [0.2, 0.25) is 0 Å². The van der Waals surface area contributed by atoms with Gasteiger partial charge in [0.15, 0.2) is 0 Å². The SMILES string of the molecule is C=CC.C=CC=C.CN1CCc2cc(-c3ccccc3)sc2C1.c1ccccc1. The van der Waals surface area contributed by atoms with E-state index in [4.69, 9.17) is 0 Å². The van der Waals surface area contributed by atoms with Crippen LogP contribution in [0.15, 0.2) is 111 Å². The molecule has 0 spiro atoms. The Morgan fingerprint density at radius 2 is 1.34 bits per heavy atom. The molecular weight excluding hydrogens is 370 g/mol.